The van der Waals surface area contributed by atoms with Crippen molar-refractivity contribution in [2.45, 2.75) is 38.3 Å². The Hall–Kier alpha value is -4.28. The first kappa shape index (κ1) is 24.1. The highest BCUT2D eigenvalue weighted by molar-refractivity contribution is 5.81. The first-order valence-corrected chi connectivity index (χ1v) is 12.2. The number of ether oxygens (including phenoxy) is 1. The number of aromatic nitrogens is 7. The molecule has 11 heteroatoms. The maximum absolute atomic E-state index is 13.1. The number of alkyl halides is 3. The third kappa shape index (κ3) is 4.27. The standard InChI is InChI=1S/C27H24F3N7O/c1-14-8-17(25-35-20(12-37(25)2)27(28,29)30)7-6-16(14)9-18-10-31-19-11-32-24(36-22(18)19)21-23(15-4-5-15)33-13-34-26(21)38-3/h6-8,10-13,15,31H,4-5,9H2,1-3H3. The van der Waals surface area contributed by atoms with Gasteiger partial charge in [0.2, 0.25) is 5.88 Å². The minimum atomic E-state index is -4.49. The fraction of sp³-hybridized carbons (Fsp3) is 0.296. The Morgan fingerprint density at radius 2 is 1.92 bits per heavy atom. The summed E-state index contributed by atoms with van der Waals surface area (Å²) in [6.45, 7) is 1.94. The third-order valence-corrected chi connectivity index (χ3v) is 6.87. The van der Waals surface area contributed by atoms with E-state index in [0.717, 1.165) is 58.0 Å². The summed E-state index contributed by atoms with van der Waals surface area (Å²) in [5, 5.41) is 0. The summed E-state index contributed by atoms with van der Waals surface area (Å²) >= 11 is 0. The molecule has 5 aromatic rings. The van der Waals surface area contributed by atoms with Crippen LogP contribution in [0.25, 0.3) is 33.8 Å². The molecule has 0 unspecified atom stereocenters. The molecule has 1 aliphatic carbocycles. The van der Waals surface area contributed by atoms with E-state index in [4.69, 9.17) is 9.72 Å². The van der Waals surface area contributed by atoms with E-state index < -0.39 is 11.9 Å². The predicted octanol–water partition coefficient (Wildman–Crippen LogP) is 5.62. The number of benzene rings is 1. The molecule has 0 radical (unpaired) electrons. The van der Waals surface area contributed by atoms with E-state index in [1.807, 2.05) is 25.3 Å². The van der Waals surface area contributed by atoms with Gasteiger partial charge in [0.25, 0.3) is 0 Å². The number of aryl methyl sites for hydroxylation is 2. The molecule has 38 heavy (non-hydrogen) atoms. The fourth-order valence-corrected chi connectivity index (χ4v) is 4.74. The Bertz CT molecular complexity index is 1670. The molecule has 4 aromatic heterocycles. The molecule has 1 aromatic carbocycles. The van der Waals surface area contributed by atoms with Crippen LogP contribution in [0.3, 0.4) is 0 Å². The van der Waals surface area contributed by atoms with Crippen LogP contribution >= 0.6 is 0 Å². The molecule has 194 valence electrons. The van der Waals surface area contributed by atoms with Crippen molar-refractivity contribution in [3.05, 3.63) is 71.2 Å². The second kappa shape index (κ2) is 8.93. The van der Waals surface area contributed by atoms with E-state index in [1.54, 1.807) is 26.4 Å². The van der Waals surface area contributed by atoms with Gasteiger partial charge in [0.1, 0.15) is 17.7 Å². The summed E-state index contributed by atoms with van der Waals surface area (Å²) in [6.07, 6.45) is 4.39. The average molecular weight is 520 g/mol. The van der Waals surface area contributed by atoms with Crippen LogP contribution in [0.4, 0.5) is 13.2 Å². The van der Waals surface area contributed by atoms with Crippen LogP contribution < -0.4 is 4.74 Å². The Kier molecular flexibility index (Phi) is 5.66. The molecular formula is C27H24F3N7O. The topological polar surface area (TPSA) is 94.4 Å². The van der Waals surface area contributed by atoms with Gasteiger partial charge >= 0.3 is 6.18 Å². The van der Waals surface area contributed by atoms with Crippen LogP contribution in [0.5, 0.6) is 5.88 Å². The van der Waals surface area contributed by atoms with Gasteiger partial charge < -0.3 is 14.3 Å². The molecule has 8 nitrogen and oxygen atoms in total. The summed E-state index contributed by atoms with van der Waals surface area (Å²) in [7, 11) is 3.13. The van der Waals surface area contributed by atoms with Gasteiger partial charge in [-0.15, -0.1) is 0 Å². The van der Waals surface area contributed by atoms with E-state index in [1.165, 1.54) is 10.9 Å². The lowest BCUT2D eigenvalue weighted by Crippen LogP contribution is -2.04. The van der Waals surface area contributed by atoms with Gasteiger partial charge in [0.05, 0.1) is 30.0 Å². The quantitative estimate of drug-likeness (QED) is 0.313. The molecule has 1 N–H and O–H groups in total. The number of aromatic amines is 1. The molecule has 1 saturated carbocycles. The van der Waals surface area contributed by atoms with Gasteiger partial charge in [-0.05, 0) is 37.0 Å². The van der Waals surface area contributed by atoms with E-state index >= 15 is 0 Å². The number of halogens is 3. The van der Waals surface area contributed by atoms with Gasteiger partial charge in [0.15, 0.2) is 11.5 Å². The van der Waals surface area contributed by atoms with Crippen LogP contribution in [0.15, 0.2) is 43.1 Å². The number of imidazole rings is 1. The molecule has 1 aliphatic rings. The molecular weight excluding hydrogens is 495 g/mol. The largest absolute Gasteiger partial charge is 0.480 e. The Morgan fingerprint density at radius 3 is 2.61 bits per heavy atom. The van der Waals surface area contributed by atoms with Crippen LogP contribution in [0.2, 0.25) is 0 Å². The van der Waals surface area contributed by atoms with Gasteiger partial charge in [-0.2, -0.15) is 13.2 Å². The van der Waals surface area contributed by atoms with Crippen molar-refractivity contribution in [3.8, 4) is 28.7 Å². The number of methoxy groups -OCH3 is 1. The van der Waals surface area contributed by atoms with Crippen molar-refractivity contribution < 1.29 is 17.9 Å². The van der Waals surface area contributed by atoms with Crippen molar-refractivity contribution in [2.24, 2.45) is 7.05 Å². The zero-order valence-corrected chi connectivity index (χ0v) is 21.0. The summed E-state index contributed by atoms with van der Waals surface area (Å²) in [5.74, 6) is 1.59. The molecule has 0 saturated heterocycles. The molecule has 0 spiro atoms. The van der Waals surface area contributed by atoms with Gasteiger partial charge in [0, 0.05) is 42.9 Å². The minimum Gasteiger partial charge on any atom is -0.480 e. The van der Waals surface area contributed by atoms with E-state index in [0.29, 0.717) is 29.6 Å². The summed E-state index contributed by atoms with van der Waals surface area (Å²) in [6, 6.07) is 5.59. The highest BCUT2D eigenvalue weighted by Gasteiger charge is 2.34. The fourth-order valence-electron chi connectivity index (χ4n) is 4.74. The highest BCUT2D eigenvalue weighted by atomic mass is 19.4. The monoisotopic (exact) mass is 519 g/mol. The maximum Gasteiger partial charge on any atom is 0.434 e. The number of nitrogens with zero attached hydrogens (tertiary/aromatic N) is 6. The number of nitrogens with one attached hydrogen (secondary N) is 1. The first-order chi connectivity index (χ1) is 18.2. The average Bonchev–Trinajstić information content (AvgIpc) is 3.55. The lowest BCUT2D eigenvalue weighted by Gasteiger charge is -2.11. The van der Waals surface area contributed by atoms with Crippen molar-refractivity contribution in [3.63, 3.8) is 0 Å². The minimum absolute atomic E-state index is 0.266. The zero-order chi connectivity index (χ0) is 26.6. The van der Waals surface area contributed by atoms with E-state index in [-0.39, 0.29) is 5.82 Å². The second-order valence-electron chi connectivity index (χ2n) is 9.56. The molecule has 6 rings (SSSR count). The molecule has 4 heterocycles. The Balaban J connectivity index is 1.34. The smallest absolute Gasteiger partial charge is 0.434 e. The molecule has 0 atom stereocenters. The first-order valence-electron chi connectivity index (χ1n) is 12.2. The number of H-pyrrole nitrogens is 1. The lowest BCUT2D eigenvalue weighted by atomic mass is 9.99. The zero-order valence-electron chi connectivity index (χ0n) is 21.0. The van der Waals surface area contributed by atoms with Crippen molar-refractivity contribution >= 4 is 11.0 Å². The molecule has 1 fully saturated rings. The number of hydrogen-bond acceptors (Lipinski definition) is 6. The van der Waals surface area contributed by atoms with Crippen molar-refractivity contribution in [2.75, 3.05) is 7.11 Å². The van der Waals surface area contributed by atoms with Crippen LogP contribution in [0.1, 0.15) is 46.8 Å². The maximum atomic E-state index is 13.1. The van der Waals surface area contributed by atoms with Crippen molar-refractivity contribution in [1.29, 1.82) is 0 Å². The third-order valence-electron chi connectivity index (χ3n) is 6.87. The van der Waals surface area contributed by atoms with E-state index in [2.05, 4.69) is 24.9 Å². The number of rotatable bonds is 6. The van der Waals surface area contributed by atoms with Gasteiger partial charge in [-0.3, -0.25) is 0 Å². The molecule has 0 bridgehead atoms. The summed E-state index contributed by atoms with van der Waals surface area (Å²) < 4.78 is 46.3. The van der Waals surface area contributed by atoms with Crippen LogP contribution in [-0.4, -0.2) is 41.6 Å². The van der Waals surface area contributed by atoms with Crippen molar-refractivity contribution in [1.82, 2.24) is 34.5 Å². The second-order valence-corrected chi connectivity index (χ2v) is 9.56. The Morgan fingerprint density at radius 1 is 1.11 bits per heavy atom. The Labute approximate surface area is 216 Å². The summed E-state index contributed by atoms with van der Waals surface area (Å²) in [4.78, 5) is 25.3. The van der Waals surface area contributed by atoms with Gasteiger partial charge in [-0.1, -0.05) is 12.1 Å². The highest BCUT2D eigenvalue weighted by Crippen LogP contribution is 2.45. The number of hydrogen-bond donors (Lipinski definition) is 1. The van der Waals surface area contributed by atoms with Crippen LogP contribution in [0, 0.1) is 6.92 Å². The van der Waals surface area contributed by atoms with Crippen LogP contribution in [-0.2, 0) is 19.6 Å². The number of fused-ring (bicyclic) bond motifs is 1. The van der Waals surface area contributed by atoms with Gasteiger partial charge in [-0.25, -0.2) is 24.9 Å². The molecule has 0 amide bonds. The predicted molar refractivity (Wildman–Crippen MR) is 135 cm³/mol. The normalized spacial score (nSPS) is 13.8. The lowest BCUT2D eigenvalue weighted by molar-refractivity contribution is -0.140. The summed E-state index contributed by atoms with van der Waals surface area (Å²) in [5.41, 5.74) is 5.87. The SMILES string of the molecule is COc1ncnc(C2CC2)c1-c1ncc2[nH]cc(Cc3ccc(-c4nc(C(F)(F)F)cn4C)cc3C)c2n1. The molecule has 0 aliphatic heterocycles. The van der Waals surface area contributed by atoms with E-state index in [9.17, 15) is 13.2 Å².